The first-order valence-corrected chi connectivity index (χ1v) is 9.65. The van der Waals surface area contributed by atoms with Crippen LogP contribution in [0.15, 0.2) is 47.6 Å². The van der Waals surface area contributed by atoms with E-state index < -0.39 is 0 Å². The van der Waals surface area contributed by atoms with Gasteiger partial charge in [-0.3, -0.25) is 0 Å². The van der Waals surface area contributed by atoms with Gasteiger partial charge in [0.1, 0.15) is 7.11 Å². The minimum atomic E-state index is -0.291. The number of ether oxygens (including phenoxy) is 1. The molecule has 0 fully saturated rings. The lowest BCUT2D eigenvalue weighted by molar-refractivity contribution is 0.0526. The first-order chi connectivity index (χ1) is 13.4. The Morgan fingerprint density at radius 1 is 1.11 bits per heavy atom. The summed E-state index contributed by atoms with van der Waals surface area (Å²) in [5.41, 5.74) is 6.31. The number of carbonyl (C=O) groups excluding carboxylic acids is 1. The molecular formula is C24H27NO3. The van der Waals surface area contributed by atoms with E-state index >= 15 is 0 Å². The molecule has 0 bridgehead atoms. The van der Waals surface area contributed by atoms with Crippen LogP contribution in [0.25, 0.3) is 12.2 Å². The maximum absolute atomic E-state index is 11.7. The Balaban J connectivity index is 1.84. The molecule has 0 saturated carbocycles. The van der Waals surface area contributed by atoms with E-state index in [0.717, 1.165) is 35.2 Å². The van der Waals surface area contributed by atoms with Gasteiger partial charge >= 0.3 is 5.97 Å². The molecule has 0 radical (unpaired) electrons. The zero-order chi connectivity index (χ0) is 20.1. The SMILES string of the molecule is CCOC(=O)c1ccc(C=Cc2ccc3c(c2)C(=NOC)CCC3(C)C)cc1. The number of esters is 1. The molecule has 0 unspecified atom stereocenters. The van der Waals surface area contributed by atoms with Crippen molar-refractivity contribution in [3.8, 4) is 0 Å². The molecule has 0 spiro atoms. The molecule has 146 valence electrons. The van der Waals surface area contributed by atoms with Gasteiger partial charge in [0.25, 0.3) is 0 Å². The maximum Gasteiger partial charge on any atom is 0.338 e. The number of hydrogen-bond donors (Lipinski definition) is 0. The van der Waals surface area contributed by atoms with Gasteiger partial charge in [0.05, 0.1) is 17.9 Å². The van der Waals surface area contributed by atoms with Crippen molar-refractivity contribution in [2.45, 2.75) is 39.0 Å². The molecule has 0 aliphatic heterocycles. The molecule has 0 saturated heterocycles. The van der Waals surface area contributed by atoms with E-state index in [4.69, 9.17) is 9.57 Å². The summed E-state index contributed by atoms with van der Waals surface area (Å²) in [7, 11) is 1.59. The fraction of sp³-hybridized carbons (Fsp3) is 0.333. The molecule has 2 aromatic carbocycles. The van der Waals surface area contributed by atoms with Crippen molar-refractivity contribution < 1.29 is 14.4 Å². The first-order valence-electron chi connectivity index (χ1n) is 9.65. The molecule has 1 aliphatic carbocycles. The summed E-state index contributed by atoms with van der Waals surface area (Å²) in [6, 6.07) is 13.9. The fourth-order valence-corrected chi connectivity index (χ4v) is 3.54. The van der Waals surface area contributed by atoms with Crippen LogP contribution in [0.2, 0.25) is 0 Å². The van der Waals surface area contributed by atoms with Gasteiger partial charge < -0.3 is 9.57 Å². The highest BCUT2D eigenvalue weighted by Crippen LogP contribution is 2.37. The zero-order valence-electron chi connectivity index (χ0n) is 17.0. The molecule has 2 aromatic rings. The molecule has 0 amide bonds. The Hall–Kier alpha value is -2.88. The van der Waals surface area contributed by atoms with Crippen LogP contribution in [-0.4, -0.2) is 25.4 Å². The molecule has 4 heteroatoms. The van der Waals surface area contributed by atoms with Gasteiger partial charge in [-0.15, -0.1) is 0 Å². The summed E-state index contributed by atoms with van der Waals surface area (Å²) in [5.74, 6) is -0.291. The van der Waals surface area contributed by atoms with Crippen LogP contribution in [0.4, 0.5) is 0 Å². The molecule has 0 heterocycles. The van der Waals surface area contributed by atoms with Gasteiger partial charge in [0.2, 0.25) is 0 Å². The summed E-state index contributed by atoms with van der Waals surface area (Å²) >= 11 is 0. The quantitative estimate of drug-likeness (QED) is 0.395. The third-order valence-corrected chi connectivity index (χ3v) is 5.16. The standard InChI is InChI=1S/C24H27NO3/c1-5-28-23(26)19-11-8-17(9-12-19)6-7-18-10-13-21-20(16-18)22(25-27-4)14-15-24(21,2)3/h6-13,16H,5,14-15H2,1-4H3. The van der Waals surface area contributed by atoms with E-state index in [1.165, 1.54) is 5.56 Å². The zero-order valence-corrected chi connectivity index (χ0v) is 17.0. The average molecular weight is 377 g/mol. The summed E-state index contributed by atoms with van der Waals surface area (Å²) in [5, 5.41) is 4.24. The van der Waals surface area contributed by atoms with E-state index in [1.54, 1.807) is 26.2 Å². The van der Waals surface area contributed by atoms with Crippen molar-refractivity contribution >= 4 is 23.8 Å². The Labute approximate surface area is 166 Å². The van der Waals surface area contributed by atoms with E-state index in [1.807, 2.05) is 18.2 Å². The number of hydrogen-bond acceptors (Lipinski definition) is 4. The average Bonchev–Trinajstić information content (AvgIpc) is 2.69. The smallest absolute Gasteiger partial charge is 0.338 e. The van der Waals surface area contributed by atoms with Crippen molar-refractivity contribution in [1.82, 2.24) is 0 Å². The third-order valence-electron chi connectivity index (χ3n) is 5.16. The number of benzene rings is 2. The monoisotopic (exact) mass is 377 g/mol. The maximum atomic E-state index is 11.7. The van der Waals surface area contributed by atoms with Crippen molar-refractivity contribution in [2.24, 2.45) is 5.16 Å². The van der Waals surface area contributed by atoms with Gasteiger partial charge in [0, 0.05) is 5.56 Å². The van der Waals surface area contributed by atoms with E-state index in [9.17, 15) is 4.79 Å². The molecule has 0 aromatic heterocycles. The highest BCUT2D eigenvalue weighted by molar-refractivity contribution is 6.03. The molecule has 0 N–H and O–H groups in total. The van der Waals surface area contributed by atoms with Gasteiger partial charge in [-0.25, -0.2) is 4.79 Å². The Morgan fingerprint density at radius 3 is 2.46 bits per heavy atom. The summed E-state index contributed by atoms with van der Waals surface area (Å²) < 4.78 is 5.02. The molecule has 28 heavy (non-hydrogen) atoms. The number of oxime groups is 1. The van der Waals surface area contributed by atoms with Crippen molar-refractivity contribution in [1.29, 1.82) is 0 Å². The second-order valence-electron chi connectivity index (χ2n) is 7.59. The van der Waals surface area contributed by atoms with Gasteiger partial charge in [0.15, 0.2) is 0 Å². The van der Waals surface area contributed by atoms with Crippen molar-refractivity contribution in [2.75, 3.05) is 13.7 Å². The Morgan fingerprint density at radius 2 is 1.79 bits per heavy atom. The van der Waals surface area contributed by atoms with E-state index in [0.29, 0.717) is 12.2 Å². The van der Waals surface area contributed by atoms with Crippen molar-refractivity contribution in [3.05, 3.63) is 70.3 Å². The van der Waals surface area contributed by atoms with Crippen LogP contribution in [0.1, 0.15) is 66.2 Å². The summed E-state index contributed by atoms with van der Waals surface area (Å²) in [6.07, 6.45) is 6.09. The third kappa shape index (κ3) is 4.33. The van der Waals surface area contributed by atoms with Gasteiger partial charge in [-0.2, -0.15) is 0 Å². The van der Waals surface area contributed by atoms with Gasteiger partial charge in [-0.1, -0.05) is 55.4 Å². The lowest BCUT2D eigenvalue weighted by Crippen LogP contribution is -2.27. The topological polar surface area (TPSA) is 47.9 Å². The molecule has 0 atom stereocenters. The second-order valence-corrected chi connectivity index (χ2v) is 7.59. The normalized spacial score (nSPS) is 16.8. The van der Waals surface area contributed by atoms with Crippen LogP contribution >= 0.6 is 0 Å². The predicted molar refractivity (Wildman–Crippen MR) is 114 cm³/mol. The summed E-state index contributed by atoms with van der Waals surface area (Å²) in [6.45, 7) is 6.73. The molecule has 4 nitrogen and oxygen atoms in total. The minimum Gasteiger partial charge on any atom is -0.462 e. The number of fused-ring (bicyclic) bond motifs is 1. The summed E-state index contributed by atoms with van der Waals surface area (Å²) in [4.78, 5) is 16.8. The van der Waals surface area contributed by atoms with E-state index in [2.05, 4.69) is 43.3 Å². The highest BCUT2D eigenvalue weighted by atomic mass is 16.6. The molecule has 1 aliphatic rings. The minimum absolute atomic E-state index is 0.132. The number of nitrogens with zero attached hydrogens (tertiary/aromatic N) is 1. The molecular weight excluding hydrogens is 350 g/mol. The first kappa shape index (κ1) is 19.9. The van der Waals surface area contributed by atoms with E-state index in [-0.39, 0.29) is 11.4 Å². The van der Waals surface area contributed by atoms with Crippen LogP contribution in [0.5, 0.6) is 0 Å². The Bertz CT molecular complexity index is 908. The van der Waals surface area contributed by atoms with Crippen LogP contribution in [0.3, 0.4) is 0 Å². The van der Waals surface area contributed by atoms with Crippen molar-refractivity contribution in [3.63, 3.8) is 0 Å². The fourth-order valence-electron chi connectivity index (χ4n) is 3.54. The van der Waals surface area contributed by atoms with Gasteiger partial charge in [-0.05, 0) is 60.1 Å². The number of rotatable bonds is 5. The predicted octanol–water partition coefficient (Wildman–Crippen LogP) is 5.46. The largest absolute Gasteiger partial charge is 0.462 e. The lowest BCUT2D eigenvalue weighted by Gasteiger charge is -2.33. The molecule has 3 rings (SSSR count). The highest BCUT2D eigenvalue weighted by Gasteiger charge is 2.30. The van der Waals surface area contributed by atoms with Crippen LogP contribution in [0, 0.1) is 0 Å². The second kappa shape index (κ2) is 8.42. The van der Waals surface area contributed by atoms with Crippen LogP contribution in [-0.2, 0) is 15.0 Å². The number of carbonyl (C=O) groups is 1. The van der Waals surface area contributed by atoms with Crippen LogP contribution < -0.4 is 0 Å². The Kier molecular flexibility index (Phi) is 5.98. The lowest BCUT2D eigenvalue weighted by atomic mass is 9.71.